The van der Waals surface area contributed by atoms with Crippen molar-refractivity contribution in [1.29, 1.82) is 0 Å². The molecule has 0 spiro atoms. The second-order valence-corrected chi connectivity index (χ2v) is 5.87. The third kappa shape index (κ3) is 4.13. The van der Waals surface area contributed by atoms with Gasteiger partial charge in [0.15, 0.2) is 0 Å². The Labute approximate surface area is 122 Å². The van der Waals surface area contributed by atoms with Crippen molar-refractivity contribution in [1.82, 2.24) is 5.16 Å². The van der Waals surface area contributed by atoms with E-state index in [0.717, 1.165) is 17.0 Å². The first-order chi connectivity index (χ1) is 9.69. The number of thioether (sulfide) groups is 1. The molecule has 4 nitrogen and oxygen atoms in total. The topological polar surface area (TPSA) is 52.3 Å². The van der Waals surface area contributed by atoms with Crippen molar-refractivity contribution in [3.05, 3.63) is 42.2 Å². The van der Waals surface area contributed by atoms with Gasteiger partial charge in [-0.25, -0.2) is 0 Å². The van der Waals surface area contributed by atoms with Crippen molar-refractivity contribution in [2.75, 3.05) is 7.11 Å². The van der Waals surface area contributed by atoms with Gasteiger partial charge in [0.05, 0.1) is 19.3 Å². The summed E-state index contributed by atoms with van der Waals surface area (Å²) >= 11 is 1.65. The molecule has 0 aliphatic carbocycles. The maximum absolute atomic E-state index is 11.2. The highest BCUT2D eigenvalue weighted by atomic mass is 32.2. The number of carbonyl (C=O) groups is 1. The van der Waals surface area contributed by atoms with Crippen molar-refractivity contribution >= 4 is 17.7 Å². The lowest BCUT2D eigenvalue weighted by atomic mass is 10.1. The summed E-state index contributed by atoms with van der Waals surface area (Å²) < 4.78 is 9.96. The molecule has 1 atom stereocenters. The van der Waals surface area contributed by atoms with Crippen molar-refractivity contribution in [2.24, 2.45) is 0 Å². The third-order valence-corrected chi connectivity index (χ3v) is 4.01. The fourth-order valence-electron chi connectivity index (χ4n) is 1.73. The average molecular weight is 291 g/mol. The predicted molar refractivity (Wildman–Crippen MR) is 79.3 cm³/mol. The first kappa shape index (κ1) is 14.7. The van der Waals surface area contributed by atoms with Gasteiger partial charge in [0.25, 0.3) is 0 Å². The van der Waals surface area contributed by atoms with Crippen molar-refractivity contribution in [3.8, 4) is 11.3 Å². The minimum atomic E-state index is -0.187. The molecule has 0 bridgehead atoms. The lowest BCUT2D eigenvalue weighted by Crippen LogP contribution is -2.08. The number of nitrogens with zero attached hydrogens (tertiary/aromatic N) is 1. The molecule has 2 rings (SSSR count). The van der Waals surface area contributed by atoms with E-state index in [2.05, 4.69) is 9.89 Å². The SMILES string of the molecule is COC(=O)CC(C)SCc1cc(-c2ccccc2)no1. The number of carbonyl (C=O) groups excluding carboxylic acids is 1. The van der Waals surface area contributed by atoms with E-state index in [9.17, 15) is 4.79 Å². The lowest BCUT2D eigenvalue weighted by Gasteiger charge is -2.07. The van der Waals surface area contributed by atoms with E-state index >= 15 is 0 Å². The van der Waals surface area contributed by atoms with E-state index in [1.54, 1.807) is 11.8 Å². The zero-order valence-corrected chi connectivity index (χ0v) is 12.4. The maximum atomic E-state index is 11.2. The summed E-state index contributed by atoms with van der Waals surface area (Å²) in [4.78, 5) is 11.2. The monoisotopic (exact) mass is 291 g/mol. The second-order valence-electron chi connectivity index (χ2n) is 4.45. The van der Waals surface area contributed by atoms with E-state index in [1.165, 1.54) is 7.11 Å². The molecular formula is C15H17NO3S. The largest absolute Gasteiger partial charge is 0.469 e. The molecule has 0 aliphatic rings. The van der Waals surface area contributed by atoms with Gasteiger partial charge < -0.3 is 9.26 Å². The van der Waals surface area contributed by atoms with Crippen LogP contribution in [0.4, 0.5) is 0 Å². The number of rotatable bonds is 6. The van der Waals surface area contributed by atoms with Crippen molar-refractivity contribution < 1.29 is 14.1 Å². The number of aromatic nitrogens is 1. The molecule has 0 saturated heterocycles. The van der Waals surface area contributed by atoms with Gasteiger partial charge in [-0.1, -0.05) is 42.4 Å². The van der Waals surface area contributed by atoms with Crippen LogP contribution >= 0.6 is 11.8 Å². The summed E-state index contributed by atoms with van der Waals surface area (Å²) in [5.74, 6) is 1.32. The maximum Gasteiger partial charge on any atom is 0.306 e. The van der Waals surface area contributed by atoms with Crippen LogP contribution < -0.4 is 0 Å². The number of methoxy groups -OCH3 is 1. The molecule has 106 valence electrons. The highest BCUT2D eigenvalue weighted by molar-refractivity contribution is 7.99. The highest BCUT2D eigenvalue weighted by Crippen LogP contribution is 2.24. The molecular weight excluding hydrogens is 274 g/mol. The van der Waals surface area contributed by atoms with Gasteiger partial charge in [0.2, 0.25) is 0 Å². The molecule has 0 amide bonds. The summed E-state index contributed by atoms with van der Waals surface area (Å²) in [6, 6.07) is 11.8. The van der Waals surface area contributed by atoms with Crippen LogP contribution in [0.15, 0.2) is 40.9 Å². The first-order valence-electron chi connectivity index (χ1n) is 6.38. The molecule has 1 aromatic carbocycles. The fraction of sp³-hybridized carbons (Fsp3) is 0.333. The molecule has 0 aliphatic heterocycles. The van der Waals surface area contributed by atoms with Crippen molar-refractivity contribution in [2.45, 2.75) is 24.3 Å². The zero-order chi connectivity index (χ0) is 14.4. The Morgan fingerprint density at radius 3 is 2.85 bits per heavy atom. The number of ether oxygens (including phenoxy) is 1. The van der Waals surface area contributed by atoms with E-state index in [1.807, 2.05) is 43.3 Å². The predicted octanol–water partition coefficient (Wildman–Crippen LogP) is 3.53. The van der Waals surface area contributed by atoms with Crippen LogP contribution in [0.25, 0.3) is 11.3 Å². The molecule has 0 radical (unpaired) electrons. The number of hydrogen-bond donors (Lipinski definition) is 0. The van der Waals surface area contributed by atoms with Crippen molar-refractivity contribution in [3.63, 3.8) is 0 Å². The highest BCUT2D eigenvalue weighted by Gasteiger charge is 2.12. The number of benzene rings is 1. The van der Waals surface area contributed by atoms with Gasteiger partial charge in [-0.05, 0) is 0 Å². The molecule has 20 heavy (non-hydrogen) atoms. The van der Waals surface area contributed by atoms with Crippen LogP contribution in [-0.4, -0.2) is 23.5 Å². The van der Waals surface area contributed by atoms with Crippen LogP contribution in [0.1, 0.15) is 19.1 Å². The second kappa shape index (κ2) is 7.14. The number of esters is 1. The molecule has 0 fully saturated rings. The molecule has 0 N–H and O–H groups in total. The first-order valence-corrected chi connectivity index (χ1v) is 7.43. The van der Waals surface area contributed by atoms with E-state index in [-0.39, 0.29) is 11.2 Å². The van der Waals surface area contributed by atoms with Gasteiger partial charge in [-0.3, -0.25) is 4.79 Å². The van der Waals surface area contributed by atoms with Crippen LogP contribution in [-0.2, 0) is 15.3 Å². The zero-order valence-electron chi connectivity index (χ0n) is 11.5. The quantitative estimate of drug-likeness (QED) is 0.762. The molecule has 1 unspecified atom stereocenters. The van der Waals surface area contributed by atoms with Gasteiger partial charge in [0.1, 0.15) is 11.5 Å². The summed E-state index contributed by atoms with van der Waals surface area (Å²) in [5.41, 5.74) is 1.87. The third-order valence-electron chi connectivity index (χ3n) is 2.82. The summed E-state index contributed by atoms with van der Waals surface area (Å²) in [6.07, 6.45) is 0.404. The van der Waals surface area contributed by atoms with Crippen LogP contribution in [0, 0.1) is 0 Å². The number of hydrogen-bond acceptors (Lipinski definition) is 5. The van der Waals surface area contributed by atoms with Crippen LogP contribution in [0.5, 0.6) is 0 Å². The summed E-state index contributed by atoms with van der Waals surface area (Å²) in [6.45, 7) is 2.00. The van der Waals surface area contributed by atoms with Gasteiger partial charge in [-0.2, -0.15) is 11.8 Å². The molecule has 1 aromatic heterocycles. The fourth-order valence-corrected chi connectivity index (χ4v) is 2.57. The Kier molecular flexibility index (Phi) is 5.24. The summed E-state index contributed by atoms with van der Waals surface area (Å²) in [7, 11) is 1.41. The van der Waals surface area contributed by atoms with E-state index < -0.39 is 0 Å². The van der Waals surface area contributed by atoms with E-state index in [4.69, 9.17) is 4.52 Å². The molecule has 5 heteroatoms. The van der Waals surface area contributed by atoms with Crippen LogP contribution in [0.2, 0.25) is 0 Å². The van der Waals surface area contributed by atoms with Gasteiger partial charge >= 0.3 is 5.97 Å². The van der Waals surface area contributed by atoms with Gasteiger partial charge in [0, 0.05) is 16.9 Å². The smallest absolute Gasteiger partial charge is 0.306 e. The minimum Gasteiger partial charge on any atom is -0.469 e. The van der Waals surface area contributed by atoms with Gasteiger partial charge in [-0.15, -0.1) is 0 Å². The lowest BCUT2D eigenvalue weighted by molar-refractivity contribution is -0.140. The average Bonchev–Trinajstić information content (AvgIpc) is 2.95. The summed E-state index contributed by atoms with van der Waals surface area (Å²) in [5, 5.41) is 4.25. The Bertz CT molecular complexity index is 553. The Hall–Kier alpha value is -1.75. The molecule has 1 heterocycles. The minimum absolute atomic E-state index is 0.187. The molecule has 0 saturated carbocycles. The Morgan fingerprint density at radius 2 is 2.15 bits per heavy atom. The Morgan fingerprint density at radius 1 is 1.40 bits per heavy atom. The van der Waals surface area contributed by atoms with Crippen LogP contribution in [0.3, 0.4) is 0 Å². The Balaban J connectivity index is 1.89. The molecule has 2 aromatic rings. The standard InChI is InChI=1S/C15H17NO3S/c1-11(8-15(17)18-2)20-10-13-9-14(16-19-13)12-6-4-3-5-7-12/h3-7,9,11H,8,10H2,1-2H3. The normalized spacial score (nSPS) is 12.1. The van der Waals surface area contributed by atoms with E-state index in [0.29, 0.717) is 12.2 Å².